The van der Waals surface area contributed by atoms with Gasteiger partial charge >= 0.3 is 5.97 Å². The number of ether oxygens (including phenoxy) is 1. The maximum Gasteiger partial charge on any atom is 0.306 e. The van der Waals surface area contributed by atoms with Gasteiger partial charge in [0, 0.05) is 0 Å². The van der Waals surface area contributed by atoms with Crippen LogP contribution in [0.25, 0.3) is 0 Å². The SMILES string of the molecule is CC1CCC(CC(CCCCN)C(=O)O)O1. The first kappa shape index (κ1) is 13.5. The summed E-state index contributed by atoms with van der Waals surface area (Å²) in [6.07, 6.45) is 5.69. The maximum absolute atomic E-state index is 11.1. The zero-order valence-electron chi connectivity index (χ0n) is 10.0. The quantitative estimate of drug-likeness (QED) is 0.653. The van der Waals surface area contributed by atoms with Gasteiger partial charge in [0.05, 0.1) is 18.1 Å². The van der Waals surface area contributed by atoms with Gasteiger partial charge in [0.15, 0.2) is 0 Å². The summed E-state index contributed by atoms with van der Waals surface area (Å²) >= 11 is 0. The van der Waals surface area contributed by atoms with E-state index in [9.17, 15) is 4.79 Å². The minimum Gasteiger partial charge on any atom is -0.481 e. The molecular formula is C12H23NO3. The van der Waals surface area contributed by atoms with Gasteiger partial charge in [-0.3, -0.25) is 4.79 Å². The van der Waals surface area contributed by atoms with E-state index in [2.05, 4.69) is 0 Å². The molecule has 1 heterocycles. The van der Waals surface area contributed by atoms with Gasteiger partial charge in [0.1, 0.15) is 0 Å². The van der Waals surface area contributed by atoms with Crippen LogP contribution in [0, 0.1) is 5.92 Å². The average molecular weight is 229 g/mol. The van der Waals surface area contributed by atoms with E-state index in [1.54, 1.807) is 0 Å². The van der Waals surface area contributed by atoms with E-state index in [1.165, 1.54) is 0 Å². The van der Waals surface area contributed by atoms with Gasteiger partial charge in [-0.2, -0.15) is 0 Å². The maximum atomic E-state index is 11.1. The van der Waals surface area contributed by atoms with E-state index in [0.29, 0.717) is 19.1 Å². The first-order valence-corrected chi connectivity index (χ1v) is 6.21. The first-order chi connectivity index (χ1) is 7.63. The molecule has 0 aromatic rings. The number of carboxylic acids is 1. The zero-order valence-corrected chi connectivity index (χ0v) is 10.0. The van der Waals surface area contributed by atoms with Crippen LogP contribution in [-0.4, -0.2) is 29.8 Å². The predicted molar refractivity (Wildman–Crippen MR) is 62.2 cm³/mol. The molecule has 1 aliphatic rings. The molecule has 1 aliphatic heterocycles. The predicted octanol–water partition coefficient (Wildman–Crippen LogP) is 1.77. The van der Waals surface area contributed by atoms with Crippen LogP contribution >= 0.6 is 0 Å². The third-order valence-corrected chi connectivity index (χ3v) is 3.22. The fraction of sp³-hybridized carbons (Fsp3) is 0.917. The van der Waals surface area contributed by atoms with Crippen LogP contribution < -0.4 is 5.73 Å². The lowest BCUT2D eigenvalue weighted by Gasteiger charge is -2.17. The van der Waals surface area contributed by atoms with Crippen molar-refractivity contribution in [3.63, 3.8) is 0 Å². The minimum absolute atomic E-state index is 0.147. The Bertz CT molecular complexity index is 220. The highest BCUT2D eigenvalue weighted by atomic mass is 16.5. The molecule has 3 atom stereocenters. The summed E-state index contributed by atoms with van der Waals surface area (Å²) in [6, 6.07) is 0. The van der Waals surface area contributed by atoms with E-state index < -0.39 is 5.97 Å². The molecule has 1 fully saturated rings. The van der Waals surface area contributed by atoms with Gasteiger partial charge in [0.2, 0.25) is 0 Å². The summed E-state index contributed by atoms with van der Waals surface area (Å²) in [4.78, 5) is 11.1. The monoisotopic (exact) mass is 229 g/mol. The standard InChI is InChI=1S/C12H23NO3/c1-9-5-6-11(16-9)8-10(12(14)15)4-2-3-7-13/h9-11H,2-8,13H2,1H3,(H,14,15). The van der Waals surface area contributed by atoms with E-state index in [1.807, 2.05) is 6.92 Å². The van der Waals surface area contributed by atoms with Crippen LogP contribution in [0.1, 0.15) is 45.4 Å². The Morgan fingerprint density at radius 1 is 1.50 bits per heavy atom. The van der Waals surface area contributed by atoms with Crippen LogP contribution in [0.15, 0.2) is 0 Å². The Labute approximate surface area is 97.2 Å². The molecule has 0 radical (unpaired) electrons. The lowest BCUT2D eigenvalue weighted by Crippen LogP contribution is -2.21. The van der Waals surface area contributed by atoms with Gasteiger partial charge in [-0.1, -0.05) is 6.42 Å². The van der Waals surface area contributed by atoms with Crippen molar-refractivity contribution in [1.82, 2.24) is 0 Å². The lowest BCUT2D eigenvalue weighted by molar-refractivity contribution is -0.143. The van der Waals surface area contributed by atoms with Gasteiger partial charge in [0.25, 0.3) is 0 Å². The van der Waals surface area contributed by atoms with Crippen molar-refractivity contribution in [2.45, 2.75) is 57.7 Å². The second-order valence-electron chi connectivity index (χ2n) is 4.70. The third kappa shape index (κ3) is 4.49. The van der Waals surface area contributed by atoms with Crippen molar-refractivity contribution >= 4 is 5.97 Å². The highest BCUT2D eigenvalue weighted by Gasteiger charge is 2.27. The highest BCUT2D eigenvalue weighted by molar-refractivity contribution is 5.69. The fourth-order valence-corrected chi connectivity index (χ4v) is 2.25. The number of carboxylic acid groups (broad SMARTS) is 1. The lowest BCUT2D eigenvalue weighted by atomic mass is 9.94. The van der Waals surface area contributed by atoms with Gasteiger partial charge in [-0.05, 0) is 45.6 Å². The normalized spacial score (nSPS) is 26.9. The molecule has 0 spiro atoms. The summed E-state index contributed by atoms with van der Waals surface area (Å²) in [5, 5.41) is 9.11. The Kier molecular flexibility index (Phi) is 5.77. The smallest absolute Gasteiger partial charge is 0.306 e. The fourth-order valence-electron chi connectivity index (χ4n) is 2.25. The topological polar surface area (TPSA) is 72.6 Å². The second kappa shape index (κ2) is 6.86. The summed E-state index contributed by atoms with van der Waals surface area (Å²) in [6.45, 7) is 2.69. The van der Waals surface area contributed by atoms with E-state index >= 15 is 0 Å². The van der Waals surface area contributed by atoms with E-state index in [0.717, 1.165) is 32.1 Å². The number of nitrogens with two attached hydrogens (primary N) is 1. The molecule has 0 amide bonds. The van der Waals surface area contributed by atoms with Gasteiger partial charge < -0.3 is 15.6 Å². The Morgan fingerprint density at radius 3 is 2.75 bits per heavy atom. The number of unbranched alkanes of at least 4 members (excludes halogenated alkanes) is 1. The van der Waals surface area contributed by atoms with Crippen LogP contribution in [0.5, 0.6) is 0 Å². The molecule has 3 N–H and O–H groups in total. The number of hydrogen-bond donors (Lipinski definition) is 2. The molecule has 0 aromatic heterocycles. The number of rotatable bonds is 7. The summed E-state index contributed by atoms with van der Waals surface area (Å²) < 4.78 is 5.66. The van der Waals surface area contributed by atoms with Crippen LogP contribution in [0.2, 0.25) is 0 Å². The van der Waals surface area contributed by atoms with Crippen molar-refractivity contribution < 1.29 is 14.6 Å². The summed E-state index contributed by atoms with van der Waals surface area (Å²) in [5.41, 5.74) is 5.40. The Morgan fingerprint density at radius 2 is 2.25 bits per heavy atom. The third-order valence-electron chi connectivity index (χ3n) is 3.22. The highest BCUT2D eigenvalue weighted by Crippen LogP contribution is 2.26. The Balaban J connectivity index is 2.30. The van der Waals surface area contributed by atoms with Crippen molar-refractivity contribution in [3.05, 3.63) is 0 Å². The van der Waals surface area contributed by atoms with Crippen LogP contribution in [-0.2, 0) is 9.53 Å². The molecule has 0 saturated carbocycles. The molecule has 1 saturated heterocycles. The van der Waals surface area contributed by atoms with Crippen LogP contribution in [0.3, 0.4) is 0 Å². The molecule has 0 bridgehead atoms. The second-order valence-corrected chi connectivity index (χ2v) is 4.70. The molecule has 0 aromatic carbocycles. The molecule has 1 rings (SSSR count). The molecule has 4 nitrogen and oxygen atoms in total. The molecule has 3 unspecified atom stereocenters. The Hall–Kier alpha value is -0.610. The number of carbonyl (C=O) groups is 1. The molecule has 16 heavy (non-hydrogen) atoms. The zero-order chi connectivity index (χ0) is 12.0. The molecular weight excluding hydrogens is 206 g/mol. The number of aliphatic carboxylic acids is 1. The number of hydrogen-bond acceptors (Lipinski definition) is 3. The van der Waals surface area contributed by atoms with Crippen molar-refractivity contribution in [1.29, 1.82) is 0 Å². The molecule has 4 heteroatoms. The van der Waals surface area contributed by atoms with E-state index in [4.69, 9.17) is 15.6 Å². The largest absolute Gasteiger partial charge is 0.481 e. The molecule has 0 aliphatic carbocycles. The average Bonchev–Trinajstić information content (AvgIpc) is 2.63. The van der Waals surface area contributed by atoms with Crippen molar-refractivity contribution in [3.8, 4) is 0 Å². The van der Waals surface area contributed by atoms with Crippen LogP contribution in [0.4, 0.5) is 0 Å². The first-order valence-electron chi connectivity index (χ1n) is 6.21. The summed E-state index contributed by atoms with van der Waals surface area (Å²) in [5.74, 6) is -0.956. The summed E-state index contributed by atoms with van der Waals surface area (Å²) in [7, 11) is 0. The van der Waals surface area contributed by atoms with Crippen molar-refractivity contribution in [2.24, 2.45) is 11.7 Å². The van der Waals surface area contributed by atoms with Crippen molar-refractivity contribution in [2.75, 3.05) is 6.54 Å². The van der Waals surface area contributed by atoms with Gasteiger partial charge in [-0.25, -0.2) is 0 Å². The van der Waals surface area contributed by atoms with Gasteiger partial charge in [-0.15, -0.1) is 0 Å². The van der Waals surface area contributed by atoms with E-state index in [-0.39, 0.29) is 12.0 Å². The minimum atomic E-state index is -0.694. The molecule has 94 valence electrons.